The van der Waals surface area contributed by atoms with E-state index in [0.29, 0.717) is 31.6 Å². The number of amides is 2. The van der Waals surface area contributed by atoms with Crippen molar-refractivity contribution < 1.29 is 9.59 Å². The van der Waals surface area contributed by atoms with Gasteiger partial charge in [-0.2, -0.15) is 0 Å². The third kappa shape index (κ3) is 3.65. The highest BCUT2D eigenvalue weighted by Crippen LogP contribution is 2.21. The lowest BCUT2D eigenvalue weighted by molar-refractivity contribution is -0.133. The number of carbonyl (C=O) groups is 2. The number of carbonyl (C=O) groups excluding carboxylic acids is 2. The molecule has 0 unspecified atom stereocenters. The molecule has 4 rings (SSSR count). The monoisotopic (exact) mass is 375 g/mol. The highest BCUT2D eigenvalue weighted by atomic mass is 16.2. The van der Waals surface area contributed by atoms with Crippen molar-refractivity contribution in [1.82, 2.24) is 14.8 Å². The van der Waals surface area contributed by atoms with E-state index in [-0.39, 0.29) is 17.9 Å². The SMILES string of the molecule is CC[C@@H]1CN(C(=O)c2ccc3cc[nH]c3c2)CCC(=O)N1Cc1ccccc1. The van der Waals surface area contributed by atoms with Gasteiger partial charge in [-0.05, 0) is 35.6 Å². The van der Waals surface area contributed by atoms with Crippen LogP contribution in [0.1, 0.15) is 35.7 Å². The number of nitrogens with one attached hydrogen (secondary N) is 1. The zero-order valence-electron chi connectivity index (χ0n) is 16.1. The number of hydrogen-bond acceptors (Lipinski definition) is 2. The van der Waals surface area contributed by atoms with Gasteiger partial charge < -0.3 is 14.8 Å². The molecule has 2 amide bonds. The van der Waals surface area contributed by atoms with Crippen molar-refractivity contribution in [3.05, 3.63) is 71.9 Å². The quantitative estimate of drug-likeness (QED) is 0.754. The average molecular weight is 375 g/mol. The number of rotatable bonds is 4. The number of aromatic nitrogens is 1. The largest absolute Gasteiger partial charge is 0.361 e. The van der Waals surface area contributed by atoms with Gasteiger partial charge in [0.05, 0.1) is 0 Å². The topological polar surface area (TPSA) is 56.4 Å². The van der Waals surface area contributed by atoms with E-state index in [2.05, 4.69) is 11.9 Å². The van der Waals surface area contributed by atoms with Crippen LogP contribution in [0.2, 0.25) is 0 Å². The van der Waals surface area contributed by atoms with Crippen LogP contribution in [0.15, 0.2) is 60.8 Å². The van der Waals surface area contributed by atoms with Crippen molar-refractivity contribution in [3.63, 3.8) is 0 Å². The van der Waals surface area contributed by atoms with Crippen molar-refractivity contribution in [2.45, 2.75) is 32.4 Å². The fraction of sp³-hybridized carbons (Fsp3) is 0.304. The van der Waals surface area contributed by atoms with E-state index in [9.17, 15) is 9.59 Å². The zero-order valence-corrected chi connectivity index (χ0v) is 16.1. The summed E-state index contributed by atoms with van der Waals surface area (Å²) in [5.41, 5.74) is 2.73. The van der Waals surface area contributed by atoms with Crippen molar-refractivity contribution in [3.8, 4) is 0 Å². The summed E-state index contributed by atoms with van der Waals surface area (Å²) in [5, 5.41) is 1.09. The zero-order chi connectivity index (χ0) is 19.5. The van der Waals surface area contributed by atoms with Gasteiger partial charge in [0.2, 0.25) is 5.91 Å². The van der Waals surface area contributed by atoms with E-state index >= 15 is 0 Å². The molecule has 5 heteroatoms. The predicted molar refractivity (Wildman–Crippen MR) is 110 cm³/mol. The van der Waals surface area contributed by atoms with Gasteiger partial charge in [0, 0.05) is 49.4 Å². The van der Waals surface area contributed by atoms with Crippen LogP contribution in [0.4, 0.5) is 0 Å². The maximum absolute atomic E-state index is 13.1. The molecule has 1 atom stereocenters. The first-order valence-electron chi connectivity index (χ1n) is 9.85. The maximum atomic E-state index is 13.1. The summed E-state index contributed by atoms with van der Waals surface area (Å²) in [6.45, 7) is 3.70. The average Bonchev–Trinajstić information content (AvgIpc) is 3.14. The summed E-state index contributed by atoms with van der Waals surface area (Å²) in [7, 11) is 0. The first-order valence-corrected chi connectivity index (χ1v) is 9.85. The van der Waals surface area contributed by atoms with Crippen LogP contribution in [0, 0.1) is 0 Å². The summed E-state index contributed by atoms with van der Waals surface area (Å²) in [6.07, 6.45) is 3.05. The van der Waals surface area contributed by atoms with Crippen LogP contribution >= 0.6 is 0 Å². The van der Waals surface area contributed by atoms with E-state index in [0.717, 1.165) is 22.9 Å². The van der Waals surface area contributed by atoms with Crippen LogP contribution < -0.4 is 0 Å². The first-order chi connectivity index (χ1) is 13.7. The Kier molecular flexibility index (Phi) is 5.15. The lowest BCUT2D eigenvalue weighted by atomic mass is 10.1. The lowest BCUT2D eigenvalue weighted by Crippen LogP contribution is -2.43. The second-order valence-electron chi connectivity index (χ2n) is 7.35. The molecular weight excluding hydrogens is 350 g/mol. The number of fused-ring (bicyclic) bond motifs is 1. The van der Waals surface area contributed by atoms with Gasteiger partial charge in [-0.1, -0.05) is 43.3 Å². The molecule has 1 aromatic heterocycles. The number of H-pyrrole nitrogens is 1. The van der Waals surface area contributed by atoms with Gasteiger partial charge >= 0.3 is 0 Å². The predicted octanol–water partition coefficient (Wildman–Crippen LogP) is 3.82. The van der Waals surface area contributed by atoms with E-state index in [1.54, 1.807) is 0 Å². The Balaban J connectivity index is 1.54. The summed E-state index contributed by atoms with van der Waals surface area (Å²) >= 11 is 0. The maximum Gasteiger partial charge on any atom is 0.254 e. The first kappa shape index (κ1) is 18.3. The minimum Gasteiger partial charge on any atom is -0.361 e. The number of benzene rings is 2. The molecule has 1 fully saturated rings. The number of hydrogen-bond donors (Lipinski definition) is 1. The van der Waals surface area contributed by atoms with Gasteiger partial charge in [0.25, 0.3) is 5.91 Å². The second kappa shape index (κ2) is 7.89. The Morgan fingerprint density at radius 3 is 2.75 bits per heavy atom. The molecule has 144 valence electrons. The number of aromatic amines is 1. The third-order valence-corrected chi connectivity index (χ3v) is 5.54. The summed E-state index contributed by atoms with van der Waals surface area (Å²) in [5.74, 6) is 0.107. The molecular formula is C23H25N3O2. The smallest absolute Gasteiger partial charge is 0.254 e. The van der Waals surface area contributed by atoms with Gasteiger partial charge in [-0.15, -0.1) is 0 Å². The van der Waals surface area contributed by atoms with Crippen LogP contribution in [0.25, 0.3) is 10.9 Å². The van der Waals surface area contributed by atoms with Gasteiger partial charge in [-0.3, -0.25) is 9.59 Å². The van der Waals surface area contributed by atoms with Crippen molar-refractivity contribution in [1.29, 1.82) is 0 Å². The molecule has 0 radical (unpaired) electrons. The van der Waals surface area contributed by atoms with E-state index in [1.165, 1.54) is 0 Å². The van der Waals surface area contributed by atoms with Gasteiger partial charge in [0.15, 0.2) is 0 Å². The van der Waals surface area contributed by atoms with E-state index < -0.39 is 0 Å². The van der Waals surface area contributed by atoms with Crippen LogP contribution in [-0.2, 0) is 11.3 Å². The van der Waals surface area contributed by atoms with Crippen LogP contribution in [0.5, 0.6) is 0 Å². The Labute approximate surface area is 165 Å². The standard InChI is InChI=1S/C23H25N3O2/c1-2-20-16-25(23(28)19-9-8-18-10-12-24-21(18)14-19)13-11-22(27)26(20)15-17-6-4-3-5-7-17/h3-10,12,14,20,24H,2,11,13,15-16H2,1H3/t20-/m1/s1. The molecule has 0 bridgehead atoms. The Bertz CT molecular complexity index is 980. The molecule has 0 aliphatic carbocycles. The van der Waals surface area contributed by atoms with Crippen LogP contribution in [0.3, 0.4) is 0 Å². The molecule has 2 heterocycles. The molecule has 1 saturated heterocycles. The van der Waals surface area contributed by atoms with Crippen molar-refractivity contribution in [2.75, 3.05) is 13.1 Å². The van der Waals surface area contributed by atoms with Crippen molar-refractivity contribution >= 4 is 22.7 Å². The Morgan fingerprint density at radius 1 is 1.14 bits per heavy atom. The highest BCUT2D eigenvalue weighted by Gasteiger charge is 2.31. The van der Waals surface area contributed by atoms with E-state index in [4.69, 9.17) is 0 Å². The van der Waals surface area contributed by atoms with Gasteiger partial charge in [-0.25, -0.2) is 0 Å². The fourth-order valence-electron chi connectivity index (χ4n) is 3.92. The van der Waals surface area contributed by atoms with Crippen molar-refractivity contribution in [2.24, 2.45) is 0 Å². The minimum atomic E-state index is -0.00990. The van der Waals surface area contributed by atoms with E-state index in [1.807, 2.05) is 70.6 Å². The molecule has 28 heavy (non-hydrogen) atoms. The normalized spacial score (nSPS) is 17.8. The summed E-state index contributed by atoms with van der Waals surface area (Å²) in [6, 6.07) is 17.8. The summed E-state index contributed by atoms with van der Waals surface area (Å²) < 4.78 is 0. The lowest BCUT2D eigenvalue weighted by Gasteiger charge is -2.31. The molecule has 1 aliphatic heterocycles. The molecule has 3 aromatic rings. The fourth-order valence-corrected chi connectivity index (χ4v) is 3.92. The summed E-state index contributed by atoms with van der Waals surface area (Å²) in [4.78, 5) is 32.9. The van der Waals surface area contributed by atoms with Crippen LogP contribution in [-0.4, -0.2) is 45.7 Å². The number of nitrogens with zero attached hydrogens (tertiary/aromatic N) is 2. The Hall–Kier alpha value is -3.08. The minimum absolute atomic E-state index is 0.00990. The molecule has 1 aliphatic rings. The van der Waals surface area contributed by atoms with Gasteiger partial charge in [0.1, 0.15) is 0 Å². The third-order valence-electron chi connectivity index (χ3n) is 5.54. The Morgan fingerprint density at radius 2 is 1.96 bits per heavy atom. The molecule has 2 aromatic carbocycles. The molecule has 0 spiro atoms. The second-order valence-corrected chi connectivity index (χ2v) is 7.35. The molecule has 1 N–H and O–H groups in total. The highest BCUT2D eigenvalue weighted by molar-refractivity contribution is 5.98. The molecule has 0 saturated carbocycles. The molecule has 5 nitrogen and oxygen atoms in total.